The molecule has 1 saturated heterocycles. The SMILES string of the molecule is Cc1csc(NN=Cc2ccccc2CN2CCOCC2)n1. The molecule has 0 aliphatic carbocycles. The molecule has 1 aliphatic heterocycles. The molecule has 0 atom stereocenters. The molecule has 1 aromatic heterocycles. The maximum absolute atomic E-state index is 5.40. The number of anilines is 1. The number of hydrazone groups is 1. The maximum atomic E-state index is 5.40. The number of nitrogens with zero attached hydrogens (tertiary/aromatic N) is 3. The molecule has 0 bridgehead atoms. The van der Waals surface area contributed by atoms with Crippen LogP contribution in [0.4, 0.5) is 5.13 Å². The lowest BCUT2D eigenvalue weighted by atomic mass is 10.1. The molecule has 2 heterocycles. The van der Waals surface area contributed by atoms with Gasteiger partial charge in [-0.2, -0.15) is 5.10 Å². The average molecular weight is 316 g/mol. The van der Waals surface area contributed by atoms with E-state index >= 15 is 0 Å². The van der Waals surface area contributed by atoms with Gasteiger partial charge in [0.1, 0.15) is 0 Å². The van der Waals surface area contributed by atoms with Crippen LogP contribution in [0.25, 0.3) is 0 Å². The van der Waals surface area contributed by atoms with E-state index in [0.717, 1.165) is 49.2 Å². The summed E-state index contributed by atoms with van der Waals surface area (Å²) in [4.78, 5) is 6.74. The second-order valence-electron chi connectivity index (χ2n) is 5.25. The van der Waals surface area contributed by atoms with Gasteiger partial charge in [-0.25, -0.2) is 4.98 Å². The van der Waals surface area contributed by atoms with E-state index in [4.69, 9.17) is 4.74 Å². The fourth-order valence-electron chi connectivity index (χ4n) is 2.37. The highest BCUT2D eigenvalue weighted by Gasteiger charge is 2.11. The molecule has 1 aromatic carbocycles. The Kier molecular flexibility index (Phi) is 5.15. The number of aromatic nitrogens is 1. The van der Waals surface area contributed by atoms with E-state index in [1.54, 1.807) is 11.3 Å². The summed E-state index contributed by atoms with van der Waals surface area (Å²) in [5, 5.41) is 7.13. The lowest BCUT2D eigenvalue weighted by Gasteiger charge is -2.27. The minimum absolute atomic E-state index is 0.819. The zero-order valence-corrected chi connectivity index (χ0v) is 13.5. The second kappa shape index (κ2) is 7.49. The van der Waals surface area contributed by atoms with E-state index in [2.05, 4.69) is 38.6 Å². The van der Waals surface area contributed by atoms with Crippen molar-refractivity contribution in [1.29, 1.82) is 0 Å². The van der Waals surface area contributed by atoms with Crippen molar-refractivity contribution in [3.05, 3.63) is 46.5 Å². The van der Waals surface area contributed by atoms with Crippen molar-refractivity contribution in [3.8, 4) is 0 Å². The van der Waals surface area contributed by atoms with Crippen LogP contribution in [0.2, 0.25) is 0 Å². The van der Waals surface area contributed by atoms with Crippen LogP contribution < -0.4 is 5.43 Å². The van der Waals surface area contributed by atoms with Crippen LogP contribution in [-0.4, -0.2) is 42.4 Å². The summed E-state index contributed by atoms with van der Waals surface area (Å²) in [5.41, 5.74) is 6.41. The molecule has 3 rings (SSSR count). The molecule has 1 fully saturated rings. The largest absolute Gasteiger partial charge is 0.379 e. The Morgan fingerprint density at radius 2 is 2.18 bits per heavy atom. The first-order valence-electron chi connectivity index (χ1n) is 7.40. The van der Waals surface area contributed by atoms with Gasteiger partial charge in [0.25, 0.3) is 0 Å². The highest BCUT2D eigenvalue weighted by Crippen LogP contribution is 2.15. The predicted molar refractivity (Wildman–Crippen MR) is 90.6 cm³/mol. The third-order valence-corrected chi connectivity index (χ3v) is 4.40. The number of thiazole rings is 1. The third kappa shape index (κ3) is 4.13. The molecule has 6 heteroatoms. The van der Waals surface area contributed by atoms with Crippen molar-refractivity contribution >= 4 is 22.7 Å². The first-order chi connectivity index (χ1) is 10.8. The van der Waals surface area contributed by atoms with Gasteiger partial charge in [0.05, 0.1) is 25.1 Å². The molecular formula is C16H20N4OS. The molecule has 22 heavy (non-hydrogen) atoms. The van der Waals surface area contributed by atoms with Crippen molar-refractivity contribution in [1.82, 2.24) is 9.88 Å². The number of rotatable bonds is 5. The van der Waals surface area contributed by atoms with Gasteiger partial charge < -0.3 is 4.74 Å². The Morgan fingerprint density at radius 1 is 1.36 bits per heavy atom. The first kappa shape index (κ1) is 15.1. The Labute approximate surface area is 134 Å². The van der Waals surface area contributed by atoms with E-state index in [1.807, 2.05) is 24.6 Å². The van der Waals surface area contributed by atoms with Crippen LogP contribution in [0.3, 0.4) is 0 Å². The summed E-state index contributed by atoms with van der Waals surface area (Å²) in [6.45, 7) is 6.53. The molecule has 0 unspecified atom stereocenters. The quantitative estimate of drug-likeness (QED) is 0.681. The number of morpholine rings is 1. The maximum Gasteiger partial charge on any atom is 0.203 e. The van der Waals surface area contributed by atoms with Gasteiger partial charge in [0.2, 0.25) is 5.13 Å². The van der Waals surface area contributed by atoms with Crippen LogP contribution >= 0.6 is 11.3 Å². The van der Waals surface area contributed by atoms with Crippen molar-refractivity contribution in [2.24, 2.45) is 5.10 Å². The summed E-state index contributed by atoms with van der Waals surface area (Å²) in [7, 11) is 0. The van der Waals surface area contributed by atoms with Crippen molar-refractivity contribution in [2.75, 3.05) is 31.7 Å². The number of hydrogen-bond donors (Lipinski definition) is 1. The third-order valence-electron chi connectivity index (χ3n) is 3.54. The molecular weight excluding hydrogens is 296 g/mol. The van der Waals surface area contributed by atoms with Crippen LogP contribution in [0.5, 0.6) is 0 Å². The number of nitrogens with one attached hydrogen (secondary N) is 1. The standard InChI is InChI=1S/C16H20N4OS/c1-13-12-22-16(18-13)19-17-10-14-4-2-3-5-15(14)11-20-6-8-21-9-7-20/h2-5,10,12H,6-9,11H2,1H3,(H,18,19). The zero-order chi connectivity index (χ0) is 15.2. The summed E-state index contributed by atoms with van der Waals surface area (Å²) in [6.07, 6.45) is 1.87. The molecule has 0 radical (unpaired) electrons. The topological polar surface area (TPSA) is 49.8 Å². The predicted octanol–water partition coefficient (Wildman–Crippen LogP) is 2.73. The normalized spacial score (nSPS) is 16.2. The molecule has 2 aromatic rings. The monoisotopic (exact) mass is 316 g/mol. The number of benzene rings is 1. The van der Waals surface area contributed by atoms with Gasteiger partial charge >= 0.3 is 0 Å². The molecule has 0 saturated carbocycles. The van der Waals surface area contributed by atoms with Gasteiger partial charge in [-0.05, 0) is 18.1 Å². The zero-order valence-electron chi connectivity index (χ0n) is 12.7. The Balaban J connectivity index is 1.65. The summed E-state index contributed by atoms with van der Waals surface area (Å²) < 4.78 is 5.40. The number of aryl methyl sites for hydroxylation is 1. The van der Waals surface area contributed by atoms with E-state index < -0.39 is 0 Å². The Hall–Kier alpha value is -1.76. The van der Waals surface area contributed by atoms with Gasteiger partial charge in [-0.3, -0.25) is 10.3 Å². The molecule has 1 aliphatic rings. The number of ether oxygens (including phenoxy) is 1. The second-order valence-corrected chi connectivity index (χ2v) is 6.11. The lowest BCUT2D eigenvalue weighted by Crippen LogP contribution is -2.35. The van der Waals surface area contributed by atoms with E-state index in [9.17, 15) is 0 Å². The molecule has 116 valence electrons. The highest BCUT2D eigenvalue weighted by atomic mass is 32.1. The minimum Gasteiger partial charge on any atom is -0.379 e. The van der Waals surface area contributed by atoms with Gasteiger partial charge in [0.15, 0.2) is 0 Å². The Morgan fingerprint density at radius 3 is 2.95 bits per heavy atom. The average Bonchev–Trinajstić information content (AvgIpc) is 2.95. The first-order valence-corrected chi connectivity index (χ1v) is 8.28. The lowest BCUT2D eigenvalue weighted by molar-refractivity contribution is 0.0342. The summed E-state index contributed by atoms with van der Waals surface area (Å²) in [6, 6.07) is 8.36. The molecule has 0 spiro atoms. The fraction of sp³-hybridized carbons (Fsp3) is 0.375. The van der Waals surface area contributed by atoms with Crippen LogP contribution in [0, 0.1) is 6.92 Å². The Bertz CT molecular complexity index is 635. The fourth-order valence-corrected chi connectivity index (χ4v) is 3.00. The van der Waals surface area contributed by atoms with E-state index in [-0.39, 0.29) is 0 Å². The van der Waals surface area contributed by atoms with E-state index in [1.165, 1.54) is 5.56 Å². The van der Waals surface area contributed by atoms with Gasteiger partial charge in [-0.15, -0.1) is 11.3 Å². The van der Waals surface area contributed by atoms with Gasteiger partial charge in [-0.1, -0.05) is 24.3 Å². The van der Waals surface area contributed by atoms with Crippen molar-refractivity contribution in [2.45, 2.75) is 13.5 Å². The van der Waals surface area contributed by atoms with Crippen LogP contribution in [0.15, 0.2) is 34.7 Å². The summed E-state index contributed by atoms with van der Waals surface area (Å²) >= 11 is 1.56. The van der Waals surface area contributed by atoms with Crippen LogP contribution in [0.1, 0.15) is 16.8 Å². The minimum atomic E-state index is 0.819. The smallest absolute Gasteiger partial charge is 0.203 e. The number of hydrogen-bond acceptors (Lipinski definition) is 6. The molecule has 1 N–H and O–H groups in total. The van der Waals surface area contributed by atoms with E-state index in [0.29, 0.717) is 0 Å². The van der Waals surface area contributed by atoms with Crippen molar-refractivity contribution in [3.63, 3.8) is 0 Å². The van der Waals surface area contributed by atoms with Crippen LogP contribution in [-0.2, 0) is 11.3 Å². The molecule has 5 nitrogen and oxygen atoms in total. The van der Waals surface area contributed by atoms with Crippen molar-refractivity contribution < 1.29 is 4.74 Å². The molecule has 0 amide bonds. The highest BCUT2D eigenvalue weighted by molar-refractivity contribution is 7.13. The van der Waals surface area contributed by atoms with Gasteiger partial charge in [0, 0.05) is 25.0 Å². The summed E-state index contributed by atoms with van der Waals surface area (Å²) in [5.74, 6) is 0.